The van der Waals surface area contributed by atoms with Gasteiger partial charge in [0.05, 0.1) is 5.56 Å². The Morgan fingerprint density at radius 1 is 1.09 bits per heavy atom. The van der Waals surface area contributed by atoms with Crippen molar-refractivity contribution in [2.45, 2.75) is 27.2 Å². The van der Waals surface area contributed by atoms with Crippen LogP contribution in [0.2, 0.25) is 0 Å². The molecule has 0 aliphatic carbocycles. The number of aryl methyl sites for hydroxylation is 2. The van der Waals surface area contributed by atoms with Crippen LogP contribution in [0.4, 0.5) is 0 Å². The molecule has 3 nitrogen and oxygen atoms in total. The number of rotatable bonds is 3. The molecule has 22 heavy (non-hydrogen) atoms. The monoisotopic (exact) mass is 292 g/mol. The van der Waals surface area contributed by atoms with E-state index >= 15 is 0 Å². The van der Waals surface area contributed by atoms with Gasteiger partial charge in [-0.2, -0.15) is 4.57 Å². The molecule has 0 bridgehead atoms. The minimum absolute atomic E-state index is 0.622. The van der Waals surface area contributed by atoms with Crippen LogP contribution < -0.4 is 4.57 Å². The summed E-state index contributed by atoms with van der Waals surface area (Å²) in [5, 5.41) is 0. The van der Waals surface area contributed by atoms with Crippen LogP contribution in [-0.2, 0) is 13.5 Å². The van der Waals surface area contributed by atoms with Gasteiger partial charge >= 0.3 is 0 Å². The minimum atomic E-state index is 0.622. The molecule has 0 unspecified atom stereocenters. The van der Waals surface area contributed by atoms with Crippen LogP contribution in [0.3, 0.4) is 0 Å². The molecule has 0 saturated carbocycles. The molecular weight excluding hydrogens is 270 g/mol. The largest absolute Gasteiger partial charge is 0.250 e. The highest BCUT2D eigenvalue weighted by atomic mass is 15.0. The maximum absolute atomic E-state index is 4.55. The van der Waals surface area contributed by atoms with Crippen LogP contribution in [0.5, 0.6) is 0 Å². The molecule has 3 heteroatoms. The Morgan fingerprint density at radius 3 is 2.55 bits per heavy atom. The molecule has 3 aromatic rings. The van der Waals surface area contributed by atoms with Crippen LogP contribution in [0, 0.1) is 12.8 Å². The lowest BCUT2D eigenvalue weighted by atomic mass is 10.0. The van der Waals surface area contributed by atoms with Gasteiger partial charge in [0.2, 0.25) is 11.3 Å². The van der Waals surface area contributed by atoms with E-state index in [1.165, 1.54) is 16.7 Å². The van der Waals surface area contributed by atoms with Crippen molar-refractivity contribution in [2.75, 3.05) is 0 Å². The van der Waals surface area contributed by atoms with Gasteiger partial charge in [0.15, 0.2) is 0 Å². The highest BCUT2D eigenvalue weighted by Gasteiger charge is 2.17. The molecule has 2 aromatic heterocycles. The third-order valence-corrected chi connectivity index (χ3v) is 4.00. The quantitative estimate of drug-likeness (QED) is 0.690. The number of aromatic nitrogens is 3. The predicted octanol–water partition coefficient (Wildman–Crippen LogP) is 3.63. The summed E-state index contributed by atoms with van der Waals surface area (Å²) in [4.78, 5) is 9.07. The summed E-state index contributed by atoms with van der Waals surface area (Å²) in [5.74, 6) is 0.622. The summed E-state index contributed by atoms with van der Waals surface area (Å²) >= 11 is 0. The lowest BCUT2D eigenvalue weighted by Gasteiger charge is -2.07. The Balaban J connectivity index is 2.17. The van der Waals surface area contributed by atoms with Gasteiger partial charge in [0.1, 0.15) is 13.2 Å². The van der Waals surface area contributed by atoms with E-state index in [1.54, 1.807) is 0 Å². The number of nitrogens with zero attached hydrogens (tertiary/aromatic N) is 3. The molecule has 0 N–H and O–H groups in total. The zero-order chi connectivity index (χ0) is 15.7. The first kappa shape index (κ1) is 14.6. The Bertz CT molecular complexity index is 822. The average Bonchev–Trinajstić information content (AvgIpc) is 2.49. The van der Waals surface area contributed by atoms with E-state index < -0.39 is 0 Å². The van der Waals surface area contributed by atoms with Crippen LogP contribution >= 0.6 is 0 Å². The van der Waals surface area contributed by atoms with E-state index in [0.29, 0.717) is 5.92 Å². The van der Waals surface area contributed by atoms with Gasteiger partial charge in [-0.1, -0.05) is 32.0 Å². The van der Waals surface area contributed by atoms with Crippen LogP contribution in [0.1, 0.15) is 25.0 Å². The highest BCUT2D eigenvalue weighted by Crippen LogP contribution is 2.21. The minimum Gasteiger partial charge on any atom is -0.231 e. The van der Waals surface area contributed by atoms with Crippen molar-refractivity contribution in [2.24, 2.45) is 13.0 Å². The summed E-state index contributed by atoms with van der Waals surface area (Å²) in [7, 11) is 2.09. The normalized spacial score (nSPS) is 11.3. The second-order valence-electron chi connectivity index (χ2n) is 6.30. The van der Waals surface area contributed by atoms with Crippen molar-refractivity contribution in [3.63, 3.8) is 0 Å². The van der Waals surface area contributed by atoms with Crippen molar-refractivity contribution in [1.29, 1.82) is 0 Å². The fourth-order valence-corrected chi connectivity index (χ4v) is 2.87. The molecule has 0 saturated heterocycles. The van der Waals surface area contributed by atoms with E-state index in [0.717, 1.165) is 23.3 Å². The van der Waals surface area contributed by atoms with Gasteiger partial charge < -0.3 is 0 Å². The van der Waals surface area contributed by atoms with Crippen molar-refractivity contribution in [3.8, 4) is 11.3 Å². The molecule has 0 amide bonds. The lowest BCUT2D eigenvalue weighted by Crippen LogP contribution is -2.33. The highest BCUT2D eigenvalue weighted by molar-refractivity contribution is 5.69. The smallest absolute Gasteiger partial charge is 0.231 e. The molecule has 1 aromatic carbocycles. The number of benzene rings is 1. The lowest BCUT2D eigenvalue weighted by molar-refractivity contribution is -0.634. The third kappa shape index (κ3) is 2.71. The SMILES string of the molecule is Cc1ccccc1-c1cnc2ncc(CC(C)C)cc2[n+]1C. The summed E-state index contributed by atoms with van der Waals surface area (Å²) in [6.07, 6.45) is 4.90. The van der Waals surface area contributed by atoms with Crippen molar-refractivity contribution in [1.82, 2.24) is 9.97 Å². The number of pyridine rings is 1. The second-order valence-corrected chi connectivity index (χ2v) is 6.30. The van der Waals surface area contributed by atoms with Crippen molar-refractivity contribution in [3.05, 3.63) is 53.9 Å². The molecule has 112 valence electrons. The first-order chi connectivity index (χ1) is 10.6. The Morgan fingerprint density at radius 2 is 1.82 bits per heavy atom. The topological polar surface area (TPSA) is 29.7 Å². The fraction of sp³-hybridized carbons (Fsp3) is 0.316. The zero-order valence-corrected chi connectivity index (χ0v) is 13.7. The molecule has 0 aliphatic rings. The van der Waals surface area contributed by atoms with Gasteiger partial charge in [-0.3, -0.25) is 0 Å². The van der Waals surface area contributed by atoms with Crippen LogP contribution in [-0.4, -0.2) is 9.97 Å². The molecule has 2 heterocycles. The zero-order valence-electron chi connectivity index (χ0n) is 13.7. The van der Waals surface area contributed by atoms with Crippen LogP contribution in [0.15, 0.2) is 42.7 Å². The molecule has 0 fully saturated rings. The molecule has 0 radical (unpaired) electrons. The predicted molar refractivity (Wildman–Crippen MR) is 89.4 cm³/mol. The van der Waals surface area contributed by atoms with Crippen LogP contribution in [0.25, 0.3) is 22.4 Å². The summed E-state index contributed by atoms with van der Waals surface area (Å²) < 4.78 is 2.20. The Hall–Kier alpha value is -2.29. The summed E-state index contributed by atoms with van der Waals surface area (Å²) in [5.41, 5.74) is 6.74. The standard InChI is InChI=1S/C19H22N3/c1-13(2)9-15-10-17-19(20-11-15)21-12-18(22(17)4)16-8-6-5-7-14(16)3/h5-8,10-13H,9H2,1-4H3/q+1. The second kappa shape index (κ2) is 5.84. The van der Waals surface area contributed by atoms with Gasteiger partial charge in [0, 0.05) is 12.3 Å². The van der Waals surface area contributed by atoms with Crippen molar-refractivity contribution >= 4 is 11.2 Å². The van der Waals surface area contributed by atoms with Crippen molar-refractivity contribution < 1.29 is 4.57 Å². The number of hydrogen-bond donors (Lipinski definition) is 0. The number of fused-ring (bicyclic) bond motifs is 1. The Labute approximate surface area is 131 Å². The van der Waals surface area contributed by atoms with E-state index in [9.17, 15) is 0 Å². The van der Waals surface area contributed by atoms with Gasteiger partial charge in [-0.25, -0.2) is 9.97 Å². The maximum atomic E-state index is 4.55. The van der Waals surface area contributed by atoms with Gasteiger partial charge in [0.25, 0.3) is 5.52 Å². The maximum Gasteiger partial charge on any atom is 0.250 e. The first-order valence-corrected chi connectivity index (χ1v) is 7.76. The van der Waals surface area contributed by atoms with E-state index in [4.69, 9.17) is 0 Å². The molecule has 3 rings (SSSR count). The first-order valence-electron chi connectivity index (χ1n) is 7.76. The summed E-state index contributed by atoms with van der Waals surface area (Å²) in [6.45, 7) is 6.59. The van der Waals surface area contributed by atoms with E-state index in [-0.39, 0.29) is 0 Å². The third-order valence-electron chi connectivity index (χ3n) is 4.00. The summed E-state index contributed by atoms with van der Waals surface area (Å²) in [6, 6.07) is 10.6. The number of hydrogen-bond acceptors (Lipinski definition) is 2. The van der Waals surface area contributed by atoms with E-state index in [2.05, 4.69) is 72.7 Å². The van der Waals surface area contributed by atoms with Gasteiger partial charge in [-0.15, -0.1) is 0 Å². The molecular formula is C19H22N3+. The Kier molecular flexibility index (Phi) is 3.88. The van der Waals surface area contributed by atoms with Gasteiger partial charge in [-0.05, 0) is 36.5 Å². The fourth-order valence-electron chi connectivity index (χ4n) is 2.87. The molecule has 0 aliphatic heterocycles. The molecule has 0 spiro atoms. The molecule has 0 atom stereocenters. The van der Waals surface area contributed by atoms with E-state index in [1.807, 2.05) is 12.4 Å². The average molecular weight is 292 g/mol.